The van der Waals surface area contributed by atoms with E-state index in [1.807, 2.05) is 25.1 Å². The Morgan fingerprint density at radius 1 is 1.33 bits per heavy atom. The van der Waals surface area contributed by atoms with Crippen LogP contribution < -0.4 is 0 Å². The van der Waals surface area contributed by atoms with Crippen LogP contribution in [0.2, 0.25) is 0 Å². The summed E-state index contributed by atoms with van der Waals surface area (Å²) in [6.45, 7) is 1.90. The molecular weight excluding hydrogens is 226 g/mol. The fourth-order valence-corrected chi connectivity index (χ4v) is 2.19. The number of Topliss-reactive ketones (excluding diaryl/α,β-unsaturated/α-hetero) is 1. The molecule has 0 unspecified atom stereocenters. The first-order valence-electron chi connectivity index (χ1n) is 5.94. The number of carbonyl (C=O) groups excluding carboxylic acids is 1. The van der Waals surface area contributed by atoms with Crippen molar-refractivity contribution >= 4 is 11.9 Å². The van der Waals surface area contributed by atoms with Gasteiger partial charge in [0.1, 0.15) is 5.69 Å². The molecule has 3 rings (SSSR count). The third kappa shape index (κ3) is 1.86. The number of rotatable bonds is 1. The molecule has 1 N–H and O–H groups in total. The van der Waals surface area contributed by atoms with Gasteiger partial charge in [0, 0.05) is 11.3 Å². The van der Waals surface area contributed by atoms with Crippen LogP contribution in [-0.4, -0.2) is 20.7 Å². The van der Waals surface area contributed by atoms with Crippen LogP contribution in [0.1, 0.15) is 33.9 Å². The molecule has 2 aromatic rings. The Morgan fingerprint density at radius 3 is 3.00 bits per heavy atom. The quantitative estimate of drug-likeness (QED) is 0.777. The van der Waals surface area contributed by atoms with Crippen LogP contribution in [-0.2, 0) is 6.42 Å². The van der Waals surface area contributed by atoms with E-state index < -0.39 is 0 Å². The molecule has 0 atom stereocenters. The Labute approximate surface area is 105 Å². The number of aromatic nitrogens is 3. The fraction of sp³-hybridized carbons (Fsp3) is 0.214. The van der Waals surface area contributed by atoms with Gasteiger partial charge in [0.05, 0.1) is 18.2 Å². The van der Waals surface area contributed by atoms with Gasteiger partial charge < -0.3 is 4.98 Å². The zero-order valence-corrected chi connectivity index (χ0v) is 10.1. The van der Waals surface area contributed by atoms with Crippen molar-refractivity contribution in [2.45, 2.75) is 19.8 Å². The van der Waals surface area contributed by atoms with Crippen molar-refractivity contribution in [3.05, 3.63) is 52.9 Å². The van der Waals surface area contributed by atoms with Gasteiger partial charge in [-0.3, -0.25) is 4.79 Å². The first kappa shape index (κ1) is 10.9. The van der Waals surface area contributed by atoms with Gasteiger partial charge in [-0.2, -0.15) is 0 Å². The molecule has 1 aliphatic rings. The molecule has 18 heavy (non-hydrogen) atoms. The van der Waals surface area contributed by atoms with E-state index >= 15 is 0 Å². The summed E-state index contributed by atoms with van der Waals surface area (Å²) in [5.74, 6) is 0.0366. The normalized spacial score (nSPS) is 16.9. The van der Waals surface area contributed by atoms with Gasteiger partial charge in [-0.25, -0.2) is 9.97 Å². The highest BCUT2D eigenvalue weighted by Gasteiger charge is 2.23. The van der Waals surface area contributed by atoms with E-state index in [1.54, 1.807) is 12.5 Å². The van der Waals surface area contributed by atoms with Crippen LogP contribution in [0.25, 0.3) is 6.08 Å². The topological polar surface area (TPSA) is 58.6 Å². The summed E-state index contributed by atoms with van der Waals surface area (Å²) in [5, 5.41) is 0. The molecule has 0 bridgehead atoms. The van der Waals surface area contributed by atoms with E-state index in [0.29, 0.717) is 5.69 Å². The Morgan fingerprint density at radius 2 is 2.22 bits per heavy atom. The van der Waals surface area contributed by atoms with E-state index in [0.717, 1.165) is 35.4 Å². The summed E-state index contributed by atoms with van der Waals surface area (Å²) in [4.78, 5) is 23.6. The van der Waals surface area contributed by atoms with Crippen molar-refractivity contribution in [1.29, 1.82) is 0 Å². The van der Waals surface area contributed by atoms with Gasteiger partial charge in [0.25, 0.3) is 0 Å². The average molecular weight is 239 g/mol. The molecule has 2 heterocycles. The minimum Gasteiger partial charge on any atom is -0.345 e. The summed E-state index contributed by atoms with van der Waals surface area (Å²) < 4.78 is 0. The molecule has 4 nitrogen and oxygen atoms in total. The maximum atomic E-state index is 12.3. The van der Waals surface area contributed by atoms with Crippen LogP contribution >= 0.6 is 0 Å². The molecular formula is C14H13N3O. The van der Waals surface area contributed by atoms with Gasteiger partial charge in [-0.1, -0.05) is 6.07 Å². The maximum Gasteiger partial charge on any atom is 0.207 e. The number of allylic oxidation sites excluding steroid dienone is 1. The number of fused-ring (bicyclic) bond motifs is 1. The molecule has 0 spiro atoms. The number of aryl methyl sites for hydroxylation is 2. The summed E-state index contributed by atoms with van der Waals surface area (Å²) in [7, 11) is 0. The van der Waals surface area contributed by atoms with E-state index in [9.17, 15) is 4.79 Å². The van der Waals surface area contributed by atoms with E-state index in [1.165, 1.54) is 0 Å². The second kappa shape index (κ2) is 4.22. The lowest BCUT2D eigenvalue weighted by Gasteiger charge is -2.16. The largest absolute Gasteiger partial charge is 0.345 e. The molecule has 0 saturated carbocycles. The van der Waals surface area contributed by atoms with Crippen LogP contribution in [0.4, 0.5) is 0 Å². The third-order valence-corrected chi connectivity index (χ3v) is 3.14. The van der Waals surface area contributed by atoms with Crippen LogP contribution in [0.15, 0.2) is 30.2 Å². The van der Waals surface area contributed by atoms with E-state index in [4.69, 9.17) is 0 Å². The molecule has 0 aromatic carbocycles. The minimum absolute atomic E-state index is 0.0366. The zero-order chi connectivity index (χ0) is 12.5. The highest BCUT2D eigenvalue weighted by molar-refractivity contribution is 6.11. The zero-order valence-electron chi connectivity index (χ0n) is 10.1. The Hall–Kier alpha value is -2.23. The summed E-state index contributed by atoms with van der Waals surface area (Å²) >= 11 is 0. The minimum atomic E-state index is 0.0366. The van der Waals surface area contributed by atoms with Crippen molar-refractivity contribution < 1.29 is 4.79 Å². The Balaban J connectivity index is 2.01. The van der Waals surface area contributed by atoms with E-state index in [2.05, 4.69) is 15.0 Å². The lowest BCUT2D eigenvalue weighted by atomic mass is 9.89. The molecule has 4 heteroatoms. The van der Waals surface area contributed by atoms with Crippen molar-refractivity contribution in [3.8, 4) is 0 Å². The number of H-pyrrole nitrogens is 1. The summed E-state index contributed by atoms with van der Waals surface area (Å²) in [6.07, 6.45) is 6.81. The predicted molar refractivity (Wildman–Crippen MR) is 68.2 cm³/mol. The van der Waals surface area contributed by atoms with Crippen molar-refractivity contribution in [1.82, 2.24) is 15.0 Å². The van der Waals surface area contributed by atoms with Gasteiger partial charge in [-0.05, 0) is 37.5 Å². The molecule has 0 amide bonds. The highest BCUT2D eigenvalue weighted by atomic mass is 16.1. The fourth-order valence-electron chi connectivity index (χ4n) is 2.19. The van der Waals surface area contributed by atoms with Crippen LogP contribution in [0.3, 0.4) is 0 Å². The lowest BCUT2D eigenvalue weighted by Crippen LogP contribution is -2.16. The summed E-state index contributed by atoms with van der Waals surface area (Å²) in [6, 6.07) is 3.96. The predicted octanol–water partition coefficient (Wildman–Crippen LogP) is 2.33. The highest BCUT2D eigenvalue weighted by Crippen LogP contribution is 2.25. The number of ketones is 1. The monoisotopic (exact) mass is 239 g/mol. The summed E-state index contributed by atoms with van der Waals surface area (Å²) in [5.41, 5.74) is 4.18. The standard InChI is InChI=1S/C14H13N3O/c1-9-2-3-10-4-5-11(14(18)13(10)17-9)6-12-7-15-8-16-12/h2-3,6-8H,4-5H2,1H3,(H,15,16)/b11-6+. The number of nitrogens with one attached hydrogen (secondary N) is 1. The van der Waals surface area contributed by atoms with Gasteiger partial charge in [-0.15, -0.1) is 0 Å². The molecule has 0 saturated heterocycles. The van der Waals surface area contributed by atoms with Crippen molar-refractivity contribution in [2.75, 3.05) is 0 Å². The number of aromatic amines is 1. The van der Waals surface area contributed by atoms with Crippen LogP contribution in [0, 0.1) is 6.92 Å². The molecule has 90 valence electrons. The first-order valence-corrected chi connectivity index (χ1v) is 5.94. The number of carbonyl (C=O) groups is 1. The third-order valence-electron chi connectivity index (χ3n) is 3.14. The Kier molecular flexibility index (Phi) is 2.55. The van der Waals surface area contributed by atoms with E-state index in [-0.39, 0.29) is 5.78 Å². The molecule has 0 radical (unpaired) electrons. The molecule has 0 fully saturated rings. The van der Waals surface area contributed by atoms with Crippen LogP contribution in [0.5, 0.6) is 0 Å². The number of nitrogens with zero attached hydrogens (tertiary/aromatic N) is 2. The number of hydrogen-bond acceptors (Lipinski definition) is 3. The first-order chi connectivity index (χ1) is 8.74. The van der Waals surface area contributed by atoms with Gasteiger partial charge in [0.2, 0.25) is 5.78 Å². The molecule has 1 aliphatic carbocycles. The SMILES string of the molecule is Cc1ccc2c(n1)C(=O)/C(=C/c1cnc[nH]1)CC2. The van der Waals surface area contributed by atoms with Crippen molar-refractivity contribution in [3.63, 3.8) is 0 Å². The smallest absolute Gasteiger partial charge is 0.207 e. The molecule has 0 aliphatic heterocycles. The number of imidazole rings is 1. The number of pyridine rings is 1. The Bertz CT molecular complexity index is 626. The number of hydrogen-bond donors (Lipinski definition) is 1. The average Bonchev–Trinajstić information content (AvgIpc) is 2.86. The second-order valence-electron chi connectivity index (χ2n) is 4.47. The molecule has 2 aromatic heterocycles. The lowest BCUT2D eigenvalue weighted by molar-refractivity contribution is 0.102. The van der Waals surface area contributed by atoms with Crippen molar-refractivity contribution in [2.24, 2.45) is 0 Å². The second-order valence-corrected chi connectivity index (χ2v) is 4.47. The maximum absolute atomic E-state index is 12.3. The van der Waals surface area contributed by atoms with Gasteiger partial charge >= 0.3 is 0 Å². The van der Waals surface area contributed by atoms with Gasteiger partial charge in [0.15, 0.2) is 0 Å².